The van der Waals surface area contributed by atoms with Crippen LogP contribution in [0.5, 0.6) is 0 Å². The molecule has 0 fully saturated rings. The molecule has 1 atom stereocenters. The molecule has 0 saturated carbocycles. The van der Waals surface area contributed by atoms with Crippen molar-refractivity contribution in [2.75, 3.05) is 12.5 Å². The number of benzene rings is 1. The summed E-state index contributed by atoms with van der Waals surface area (Å²) < 4.78 is 0. The van der Waals surface area contributed by atoms with Crippen LogP contribution in [0.25, 0.3) is 0 Å². The van der Waals surface area contributed by atoms with Crippen LogP contribution in [-0.2, 0) is 6.54 Å². The molecule has 3 N–H and O–H groups in total. The second-order valence-electron chi connectivity index (χ2n) is 5.61. The predicted octanol–water partition coefficient (Wildman–Crippen LogP) is 2.75. The van der Waals surface area contributed by atoms with E-state index in [2.05, 4.69) is 31.1 Å². The lowest BCUT2D eigenvalue weighted by molar-refractivity contribution is -0.384. The van der Waals surface area contributed by atoms with Crippen LogP contribution in [0.2, 0.25) is 0 Å². The lowest BCUT2D eigenvalue weighted by Gasteiger charge is -2.26. The first kappa shape index (κ1) is 16.4. The third kappa shape index (κ3) is 4.18. The van der Waals surface area contributed by atoms with Crippen molar-refractivity contribution >= 4 is 11.4 Å². The highest BCUT2D eigenvalue weighted by Crippen LogP contribution is 2.28. The van der Waals surface area contributed by atoms with Gasteiger partial charge < -0.3 is 5.43 Å². The molecule has 0 saturated heterocycles. The van der Waals surface area contributed by atoms with Gasteiger partial charge in [-0.1, -0.05) is 26.0 Å². The van der Waals surface area contributed by atoms with Crippen LogP contribution in [-0.4, -0.2) is 22.9 Å². The Morgan fingerprint density at radius 1 is 1.40 bits per heavy atom. The van der Waals surface area contributed by atoms with Gasteiger partial charge in [0.05, 0.1) is 4.92 Å². The van der Waals surface area contributed by atoms with Crippen LogP contribution < -0.4 is 11.3 Å². The molecule has 0 aliphatic rings. The zero-order valence-corrected chi connectivity index (χ0v) is 12.6. The van der Waals surface area contributed by atoms with Crippen LogP contribution in [0.15, 0.2) is 18.2 Å². The maximum atomic E-state index is 11.0. The van der Waals surface area contributed by atoms with E-state index in [1.807, 2.05) is 13.1 Å². The molecule has 0 aliphatic carbocycles. The van der Waals surface area contributed by atoms with Crippen molar-refractivity contribution in [1.29, 1.82) is 0 Å². The minimum absolute atomic E-state index is 0.00918. The van der Waals surface area contributed by atoms with Crippen molar-refractivity contribution in [2.45, 2.75) is 39.8 Å². The molecule has 0 radical (unpaired) electrons. The number of rotatable bonds is 7. The lowest BCUT2D eigenvalue weighted by atomic mass is 10.0. The van der Waals surface area contributed by atoms with E-state index in [4.69, 9.17) is 5.84 Å². The van der Waals surface area contributed by atoms with E-state index in [9.17, 15) is 10.1 Å². The maximum Gasteiger partial charge on any atom is 0.293 e. The number of hydrogen-bond acceptors (Lipinski definition) is 5. The number of nitrogen functional groups attached to an aromatic ring is 1. The van der Waals surface area contributed by atoms with Gasteiger partial charge in [-0.15, -0.1) is 0 Å². The number of nitro groups is 1. The number of hydrazine groups is 1. The van der Waals surface area contributed by atoms with Crippen LogP contribution in [0.4, 0.5) is 11.4 Å². The maximum absolute atomic E-state index is 11.0. The average Bonchev–Trinajstić information content (AvgIpc) is 2.37. The summed E-state index contributed by atoms with van der Waals surface area (Å²) in [4.78, 5) is 12.8. The van der Waals surface area contributed by atoms with Gasteiger partial charge in [0, 0.05) is 18.7 Å². The number of nitro benzene ring substituents is 1. The highest BCUT2D eigenvalue weighted by atomic mass is 16.6. The molecule has 1 aromatic carbocycles. The summed E-state index contributed by atoms with van der Waals surface area (Å²) in [5.41, 5.74) is 3.69. The largest absolute Gasteiger partial charge is 0.318 e. The van der Waals surface area contributed by atoms with E-state index in [1.54, 1.807) is 6.07 Å². The summed E-state index contributed by atoms with van der Waals surface area (Å²) >= 11 is 0. The Morgan fingerprint density at radius 2 is 2.05 bits per heavy atom. The fraction of sp³-hybridized carbons (Fsp3) is 0.571. The van der Waals surface area contributed by atoms with Crippen LogP contribution in [0, 0.1) is 16.0 Å². The molecule has 1 rings (SSSR count). The first-order valence-electron chi connectivity index (χ1n) is 6.80. The second kappa shape index (κ2) is 7.21. The highest BCUT2D eigenvalue weighted by molar-refractivity contribution is 5.65. The van der Waals surface area contributed by atoms with Crippen LogP contribution >= 0.6 is 0 Å². The fourth-order valence-electron chi connectivity index (χ4n) is 2.32. The molecule has 1 aromatic rings. The van der Waals surface area contributed by atoms with Crippen molar-refractivity contribution < 1.29 is 4.92 Å². The summed E-state index contributed by atoms with van der Waals surface area (Å²) in [5, 5.41) is 11.0. The third-order valence-corrected chi connectivity index (χ3v) is 3.45. The normalized spacial score (nSPS) is 12.8. The Balaban J connectivity index is 2.92. The van der Waals surface area contributed by atoms with E-state index >= 15 is 0 Å². The minimum atomic E-state index is -0.420. The molecule has 112 valence electrons. The zero-order valence-electron chi connectivity index (χ0n) is 12.6. The van der Waals surface area contributed by atoms with Gasteiger partial charge in [0.15, 0.2) is 0 Å². The molecule has 0 heterocycles. The standard InChI is InChI=1S/C14H24N4O2/c1-10(2)8-11(3)17(4)9-12-6-5-7-13(18(19)20)14(12)16-15/h5-7,10-11,16H,8-9,15H2,1-4H3. The van der Waals surface area contributed by atoms with E-state index in [0.29, 0.717) is 24.2 Å². The lowest BCUT2D eigenvalue weighted by Crippen LogP contribution is -2.30. The van der Waals surface area contributed by atoms with Gasteiger partial charge in [0.2, 0.25) is 0 Å². The van der Waals surface area contributed by atoms with Gasteiger partial charge in [0.25, 0.3) is 5.69 Å². The quantitative estimate of drug-likeness (QED) is 0.456. The molecule has 0 bridgehead atoms. The molecule has 0 spiro atoms. The first-order valence-corrected chi connectivity index (χ1v) is 6.80. The number of hydrogen-bond donors (Lipinski definition) is 2. The van der Waals surface area contributed by atoms with Crippen molar-refractivity contribution in [3.8, 4) is 0 Å². The van der Waals surface area contributed by atoms with Crippen molar-refractivity contribution in [3.63, 3.8) is 0 Å². The number of nitrogens with one attached hydrogen (secondary N) is 1. The summed E-state index contributed by atoms with van der Waals surface area (Å²) in [7, 11) is 2.02. The smallest absolute Gasteiger partial charge is 0.293 e. The average molecular weight is 280 g/mol. The van der Waals surface area contributed by atoms with Crippen LogP contribution in [0.1, 0.15) is 32.8 Å². The Kier molecular flexibility index (Phi) is 5.91. The number of nitrogens with two attached hydrogens (primary N) is 1. The van der Waals surface area contributed by atoms with E-state index in [1.165, 1.54) is 6.07 Å². The summed E-state index contributed by atoms with van der Waals surface area (Å²) in [5.74, 6) is 6.06. The van der Waals surface area contributed by atoms with Gasteiger partial charge in [-0.3, -0.25) is 20.9 Å². The van der Waals surface area contributed by atoms with Gasteiger partial charge in [-0.2, -0.15) is 0 Å². The Bertz CT molecular complexity index is 462. The third-order valence-electron chi connectivity index (χ3n) is 3.45. The van der Waals surface area contributed by atoms with Gasteiger partial charge >= 0.3 is 0 Å². The van der Waals surface area contributed by atoms with Crippen molar-refractivity contribution in [2.24, 2.45) is 11.8 Å². The summed E-state index contributed by atoms with van der Waals surface area (Å²) in [6, 6.07) is 5.41. The van der Waals surface area contributed by atoms with E-state index < -0.39 is 4.92 Å². The molecular weight excluding hydrogens is 256 g/mol. The fourth-order valence-corrected chi connectivity index (χ4v) is 2.32. The molecule has 0 aromatic heterocycles. The number of anilines is 1. The summed E-state index contributed by atoms with van der Waals surface area (Å²) in [6.07, 6.45) is 1.08. The van der Waals surface area contributed by atoms with Crippen LogP contribution in [0.3, 0.4) is 0 Å². The van der Waals surface area contributed by atoms with Gasteiger partial charge in [-0.25, -0.2) is 0 Å². The molecule has 6 heteroatoms. The first-order chi connectivity index (χ1) is 9.36. The molecule has 20 heavy (non-hydrogen) atoms. The molecule has 0 amide bonds. The molecule has 1 unspecified atom stereocenters. The van der Waals surface area contributed by atoms with Gasteiger partial charge in [-0.05, 0) is 31.9 Å². The highest BCUT2D eigenvalue weighted by Gasteiger charge is 2.19. The molecule has 6 nitrogen and oxygen atoms in total. The Hall–Kier alpha value is -1.66. The predicted molar refractivity (Wildman–Crippen MR) is 81.3 cm³/mol. The summed E-state index contributed by atoms with van der Waals surface area (Å²) in [6.45, 7) is 7.15. The number of para-hydroxylation sites is 1. The molecular formula is C14H24N4O2. The SMILES string of the molecule is CC(C)CC(C)N(C)Cc1cccc([N+](=O)[O-])c1NN. The zero-order chi connectivity index (χ0) is 15.3. The van der Waals surface area contributed by atoms with E-state index in [-0.39, 0.29) is 5.69 Å². The monoisotopic (exact) mass is 280 g/mol. The van der Waals surface area contributed by atoms with Gasteiger partial charge in [0.1, 0.15) is 5.69 Å². The number of nitrogens with zero attached hydrogens (tertiary/aromatic N) is 2. The second-order valence-corrected chi connectivity index (χ2v) is 5.61. The van der Waals surface area contributed by atoms with E-state index in [0.717, 1.165) is 12.0 Å². The van der Waals surface area contributed by atoms with Crippen molar-refractivity contribution in [1.82, 2.24) is 4.90 Å². The Labute approximate surface area is 120 Å². The van der Waals surface area contributed by atoms with Crippen molar-refractivity contribution in [3.05, 3.63) is 33.9 Å². The Morgan fingerprint density at radius 3 is 2.55 bits per heavy atom. The molecule has 0 aliphatic heterocycles. The topological polar surface area (TPSA) is 84.4 Å². The minimum Gasteiger partial charge on any atom is -0.318 e.